The van der Waals surface area contributed by atoms with Crippen LogP contribution in [0.1, 0.15) is 439 Å². The van der Waals surface area contributed by atoms with Crippen molar-refractivity contribution in [3.8, 4) is 0 Å². The molecule has 0 aliphatic carbocycles. The van der Waals surface area contributed by atoms with Gasteiger partial charge in [0.2, 0.25) is 0 Å². The summed E-state index contributed by atoms with van der Waals surface area (Å²) in [6, 6.07) is 0. The predicted octanol–water partition coefficient (Wildman–Crippen LogP) is 24.8. The van der Waals surface area contributed by atoms with Gasteiger partial charge in [0.05, 0.1) is 26.4 Å². The maximum absolute atomic E-state index is 13.1. The smallest absolute Gasteiger partial charge is 0.462 e. The summed E-state index contributed by atoms with van der Waals surface area (Å²) in [6.07, 6.45) is 66.6. The van der Waals surface area contributed by atoms with Crippen molar-refractivity contribution in [3.63, 3.8) is 0 Å². The van der Waals surface area contributed by atoms with Gasteiger partial charge in [0.15, 0.2) is 12.2 Å². The highest BCUT2D eigenvalue weighted by Crippen LogP contribution is 2.45. The molecule has 0 aromatic carbocycles. The molecule has 17 nitrogen and oxygen atoms in total. The van der Waals surface area contributed by atoms with Gasteiger partial charge in [-0.05, 0) is 31.6 Å². The van der Waals surface area contributed by atoms with Gasteiger partial charge in [-0.2, -0.15) is 0 Å². The Morgan fingerprint density at radius 3 is 0.673 bits per heavy atom. The molecule has 0 fully saturated rings. The molecule has 19 heteroatoms. The first kappa shape index (κ1) is 99.1. The number of hydrogen-bond donors (Lipinski definition) is 3. The van der Waals surface area contributed by atoms with Crippen LogP contribution in [0.15, 0.2) is 0 Å². The number of esters is 4. The molecule has 600 valence electrons. The van der Waals surface area contributed by atoms with Gasteiger partial charge in [0, 0.05) is 25.7 Å². The first-order chi connectivity index (χ1) is 49.0. The van der Waals surface area contributed by atoms with E-state index in [9.17, 15) is 43.2 Å². The van der Waals surface area contributed by atoms with Crippen molar-refractivity contribution in [2.24, 2.45) is 5.92 Å². The van der Waals surface area contributed by atoms with Gasteiger partial charge < -0.3 is 33.8 Å². The van der Waals surface area contributed by atoms with E-state index in [1.54, 1.807) is 0 Å². The zero-order valence-electron chi connectivity index (χ0n) is 66.1. The van der Waals surface area contributed by atoms with Crippen molar-refractivity contribution < 1.29 is 80.2 Å². The van der Waals surface area contributed by atoms with E-state index >= 15 is 0 Å². The molecule has 0 aromatic rings. The largest absolute Gasteiger partial charge is 0.472 e. The van der Waals surface area contributed by atoms with Gasteiger partial charge in [0.1, 0.15) is 19.3 Å². The normalized spacial score (nSPS) is 13.8. The van der Waals surface area contributed by atoms with Gasteiger partial charge in [-0.1, -0.05) is 388 Å². The minimum atomic E-state index is -4.96. The summed E-state index contributed by atoms with van der Waals surface area (Å²) in [5, 5.41) is 10.6. The standard InChI is InChI=1S/C82H160O17P2/c1-6-9-12-15-18-21-24-26-28-29-30-31-32-33-35-37-43-48-53-58-63-68-82(87)99-78(72-93-80(85)66-61-56-51-46-41-39-38-40-44-49-54-59-64-75(4)5)74-97-101(90,91)95-70-76(83)69-94-100(88,89)96-73-77(71-92-79(84)65-60-55-50-45-23-20-17-14-11-8-3)98-81(86)67-62-57-52-47-42-36-34-27-25-22-19-16-13-10-7-2/h75-78,83H,6-74H2,1-5H3,(H,88,89)(H,90,91)/t76-,77+,78+/m0/s1. The number of unbranched alkanes of at least 4 members (excludes halogenated alkanes) is 54. The van der Waals surface area contributed by atoms with E-state index in [4.69, 9.17) is 37.0 Å². The summed E-state index contributed by atoms with van der Waals surface area (Å²) in [5.41, 5.74) is 0. The second-order valence-corrected chi connectivity index (χ2v) is 32.9. The van der Waals surface area contributed by atoms with Crippen LogP contribution in [-0.2, 0) is 65.4 Å². The van der Waals surface area contributed by atoms with E-state index in [2.05, 4.69) is 34.6 Å². The van der Waals surface area contributed by atoms with Gasteiger partial charge in [-0.25, -0.2) is 9.13 Å². The first-order valence-electron chi connectivity index (χ1n) is 42.6. The molecule has 0 radical (unpaired) electrons. The van der Waals surface area contributed by atoms with Crippen LogP contribution < -0.4 is 0 Å². The Morgan fingerprint density at radius 2 is 0.455 bits per heavy atom. The summed E-state index contributed by atoms with van der Waals surface area (Å²) in [6.45, 7) is 7.34. The fraction of sp³-hybridized carbons (Fsp3) is 0.951. The molecule has 3 N–H and O–H groups in total. The lowest BCUT2D eigenvalue weighted by Crippen LogP contribution is -2.30. The topological polar surface area (TPSA) is 237 Å². The van der Waals surface area contributed by atoms with Crippen LogP contribution in [0.5, 0.6) is 0 Å². The Bertz CT molecular complexity index is 1930. The number of hydrogen-bond acceptors (Lipinski definition) is 15. The Morgan fingerprint density at radius 1 is 0.267 bits per heavy atom. The molecule has 0 amide bonds. The fourth-order valence-electron chi connectivity index (χ4n) is 12.8. The van der Waals surface area contributed by atoms with E-state index in [0.29, 0.717) is 25.7 Å². The number of carbonyl (C=O) groups is 4. The minimum Gasteiger partial charge on any atom is -0.462 e. The van der Waals surface area contributed by atoms with Crippen molar-refractivity contribution in [1.29, 1.82) is 0 Å². The Hall–Kier alpha value is -1.94. The second kappa shape index (κ2) is 74.9. The molecule has 0 rings (SSSR count). The lowest BCUT2D eigenvalue weighted by molar-refractivity contribution is -0.161. The summed E-state index contributed by atoms with van der Waals surface area (Å²) in [4.78, 5) is 73.0. The number of aliphatic hydroxyl groups is 1. The number of rotatable bonds is 82. The molecular formula is C82H160O17P2. The molecule has 2 unspecified atom stereocenters. The number of carbonyl (C=O) groups excluding carboxylic acids is 4. The molecule has 0 aliphatic heterocycles. The summed E-state index contributed by atoms with van der Waals surface area (Å²) < 4.78 is 68.7. The van der Waals surface area contributed by atoms with Gasteiger partial charge in [-0.15, -0.1) is 0 Å². The Labute approximate surface area is 619 Å². The van der Waals surface area contributed by atoms with Crippen LogP contribution in [0.2, 0.25) is 0 Å². The number of ether oxygens (including phenoxy) is 4. The third kappa shape index (κ3) is 76.1. The van der Waals surface area contributed by atoms with Crippen molar-refractivity contribution in [1.82, 2.24) is 0 Å². The molecule has 5 atom stereocenters. The van der Waals surface area contributed by atoms with E-state index in [0.717, 1.165) is 95.8 Å². The van der Waals surface area contributed by atoms with E-state index < -0.39 is 97.5 Å². The summed E-state index contributed by atoms with van der Waals surface area (Å²) >= 11 is 0. The van der Waals surface area contributed by atoms with E-state index in [1.807, 2.05) is 0 Å². The molecular weight excluding hydrogens is 1320 g/mol. The molecule has 0 bridgehead atoms. The van der Waals surface area contributed by atoms with Crippen LogP contribution >= 0.6 is 15.6 Å². The fourth-order valence-corrected chi connectivity index (χ4v) is 14.3. The maximum Gasteiger partial charge on any atom is 0.472 e. The first-order valence-corrected chi connectivity index (χ1v) is 45.6. The monoisotopic (exact) mass is 1480 g/mol. The average molecular weight is 1480 g/mol. The lowest BCUT2D eigenvalue weighted by Gasteiger charge is -2.21. The highest BCUT2D eigenvalue weighted by atomic mass is 31.2. The van der Waals surface area contributed by atoms with Crippen LogP contribution in [-0.4, -0.2) is 96.7 Å². The second-order valence-electron chi connectivity index (χ2n) is 30.0. The van der Waals surface area contributed by atoms with Crippen LogP contribution in [0.25, 0.3) is 0 Å². The van der Waals surface area contributed by atoms with E-state index in [-0.39, 0.29) is 25.7 Å². The van der Waals surface area contributed by atoms with Gasteiger partial charge in [-0.3, -0.25) is 37.3 Å². The zero-order chi connectivity index (χ0) is 74.1. The maximum atomic E-state index is 13.1. The van der Waals surface area contributed by atoms with Crippen molar-refractivity contribution in [2.45, 2.75) is 457 Å². The molecule has 0 spiro atoms. The summed E-state index contributed by atoms with van der Waals surface area (Å²) in [5.74, 6) is -1.32. The third-order valence-corrected chi connectivity index (χ3v) is 21.2. The molecule has 101 heavy (non-hydrogen) atoms. The Balaban J connectivity index is 5.22. The quantitative estimate of drug-likeness (QED) is 0.0222. The molecule has 0 heterocycles. The highest BCUT2D eigenvalue weighted by molar-refractivity contribution is 7.47. The lowest BCUT2D eigenvalue weighted by atomic mass is 10.0. The molecule has 0 aliphatic rings. The van der Waals surface area contributed by atoms with Crippen molar-refractivity contribution in [3.05, 3.63) is 0 Å². The van der Waals surface area contributed by atoms with E-state index in [1.165, 1.54) is 263 Å². The SMILES string of the molecule is CCCCCCCCCCCCCCCCCCCCCCCC(=O)O[C@H](COC(=O)CCCCCCCCCCCCCCC(C)C)COP(=O)(O)OC[C@@H](O)COP(=O)(O)OC[C@@H](COC(=O)CCCCCCCCCCCC)OC(=O)CCCCCCCCCCCCCCCCC. The van der Waals surface area contributed by atoms with Crippen molar-refractivity contribution in [2.75, 3.05) is 39.6 Å². The minimum absolute atomic E-state index is 0.109. The predicted molar refractivity (Wildman–Crippen MR) is 414 cm³/mol. The highest BCUT2D eigenvalue weighted by Gasteiger charge is 2.30. The molecule has 0 saturated carbocycles. The van der Waals surface area contributed by atoms with Crippen molar-refractivity contribution >= 4 is 39.5 Å². The van der Waals surface area contributed by atoms with Crippen LogP contribution in [0.4, 0.5) is 0 Å². The zero-order valence-corrected chi connectivity index (χ0v) is 67.8. The third-order valence-electron chi connectivity index (χ3n) is 19.3. The molecule has 0 aromatic heterocycles. The Kier molecular flexibility index (Phi) is 73.5. The number of aliphatic hydroxyl groups excluding tert-OH is 1. The number of phosphoric ester groups is 2. The molecule has 0 saturated heterocycles. The van der Waals surface area contributed by atoms with Crippen LogP contribution in [0, 0.1) is 5.92 Å². The number of phosphoric acid groups is 2. The summed E-state index contributed by atoms with van der Waals surface area (Å²) in [7, 11) is -9.92. The average Bonchev–Trinajstić information content (AvgIpc) is 0.920. The van der Waals surface area contributed by atoms with Gasteiger partial charge >= 0.3 is 39.5 Å². The van der Waals surface area contributed by atoms with Crippen LogP contribution in [0.3, 0.4) is 0 Å². The van der Waals surface area contributed by atoms with Gasteiger partial charge in [0.25, 0.3) is 0 Å².